The van der Waals surface area contributed by atoms with E-state index in [1.165, 1.54) is 9.13 Å². The van der Waals surface area contributed by atoms with Crippen LogP contribution in [-0.4, -0.2) is 27.0 Å². The summed E-state index contributed by atoms with van der Waals surface area (Å²) in [6.07, 6.45) is 5.86. The minimum Gasteiger partial charge on any atom is -0.353 e. The molecule has 0 spiro atoms. The molecule has 190 valence electrons. The van der Waals surface area contributed by atoms with E-state index in [4.69, 9.17) is 0 Å². The molecule has 8 heteroatoms. The van der Waals surface area contributed by atoms with Gasteiger partial charge in [-0.25, -0.2) is 4.79 Å². The molecule has 4 rings (SSSR count). The summed E-state index contributed by atoms with van der Waals surface area (Å²) in [5.41, 5.74) is 1.65. The van der Waals surface area contributed by atoms with Gasteiger partial charge in [-0.1, -0.05) is 54.8 Å². The maximum atomic E-state index is 13.3. The van der Waals surface area contributed by atoms with Gasteiger partial charge in [0.15, 0.2) is 0 Å². The maximum absolute atomic E-state index is 13.3. The Morgan fingerprint density at radius 2 is 1.64 bits per heavy atom. The molecule has 1 fully saturated rings. The minimum absolute atomic E-state index is 0.0235. The van der Waals surface area contributed by atoms with Crippen molar-refractivity contribution < 1.29 is 9.59 Å². The number of fused-ring (bicyclic) bond motifs is 1. The number of unbranched alkanes of at least 4 members (excludes halogenated alkanes) is 1. The van der Waals surface area contributed by atoms with E-state index in [2.05, 4.69) is 10.6 Å². The number of aromatic nitrogens is 2. The summed E-state index contributed by atoms with van der Waals surface area (Å²) in [6, 6.07) is 15.0. The highest BCUT2D eigenvalue weighted by atomic mass is 16.2. The highest BCUT2D eigenvalue weighted by Gasteiger charge is 2.18. The average Bonchev–Trinajstić information content (AvgIpc) is 3.38. The van der Waals surface area contributed by atoms with Gasteiger partial charge in [0.05, 0.1) is 10.9 Å². The first kappa shape index (κ1) is 25.4. The second-order valence-corrected chi connectivity index (χ2v) is 9.61. The van der Waals surface area contributed by atoms with E-state index >= 15 is 0 Å². The largest absolute Gasteiger partial charge is 0.353 e. The number of carbonyl (C=O) groups excluding carboxylic acids is 2. The fourth-order valence-electron chi connectivity index (χ4n) is 4.75. The fraction of sp³-hybridized carbons (Fsp3) is 0.429. The molecule has 1 aliphatic rings. The summed E-state index contributed by atoms with van der Waals surface area (Å²) in [5, 5.41) is 6.31. The molecule has 2 amide bonds. The Balaban J connectivity index is 1.43. The third-order valence-electron chi connectivity index (χ3n) is 6.80. The zero-order chi connectivity index (χ0) is 25.5. The number of hydrogen-bond acceptors (Lipinski definition) is 4. The molecule has 36 heavy (non-hydrogen) atoms. The smallest absolute Gasteiger partial charge is 0.331 e. The van der Waals surface area contributed by atoms with Gasteiger partial charge in [-0.2, -0.15) is 0 Å². The van der Waals surface area contributed by atoms with E-state index in [0.29, 0.717) is 36.7 Å². The molecule has 0 bridgehead atoms. The van der Waals surface area contributed by atoms with Gasteiger partial charge in [-0.15, -0.1) is 0 Å². The third-order valence-corrected chi connectivity index (χ3v) is 6.80. The van der Waals surface area contributed by atoms with Crippen LogP contribution >= 0.6 is 0 Å². The Morgan fingerprint density at radius 3 is 2.39 bits per heavy atom. The first-order valence-corrected chi connectivity index (χ1v) is 12.8. The van der Waals surface area contributed by atoms with Crippen molar-refractivity contribution >= 4 is 22.7 Å². The van der Waals surface area contributed by atoms with Crippen LogP contribution in [-0.2, 0) is 29.2 Å². The van der Waals surface area contributed by atoms with Crippen LogP contribution < -0.4 is 21.9 Å². The lowest BCUT2D eigenvalue weighted by atomic mass is 10.1. The van der Waals surface area contributed by atoms with Gasteiger partial charge >= 0.3 is 5.69 Å². The van der Waals surface area contributed by atoms with Crippen molar-refractivity contribution in [1.82, 2.24) is 19.8 Å². The van der Waals surface area contributed by atoms with Gasteiger partial charge < -0.3 is 10.6 Å². The fourth-order valence-corrected chi connectivity index (χ4v) is 4.75. The Hall–Kier alpha value is -3.68. The summed E-state index contributed by atoms with van der Waals surface area (Å²) in [5.74, 6) is -0.285. The van der Waals surface area contributed by atoms with Crippen molar-refractivity contribution in [2.24, 2.45) is 0 Å². The zero-order valence-electron chi connectivity index (χ0n) is 20.8. The van der Waals surface area contributed by atoms with Gasteiger partial charge in [0.2, 0.25) is 11.8 Å². The van der Waals surface area contributed by atoms with Gasteiger partial charge in [0, 0.05) is 25.6 Å². The first-order chi connectivity index (χ1) is 17.4. The number of carbonyl (C=O) groups is 2. The quantitative estimate of drug-likeness (QED) is 0.427. The van der Waals surface area contributed by atoms with E-state index < -0.39 is 5.69 Å². The SMILES string of the molecule is Cc1ccc(CNC(=O)Cn2c(=O)n(CCCCC(=O)NC3CCCC3)c(=O)c3ccccc32)cc1. The summed E-state index contributed by atoms with van der Waals surface area (Å²) in [7, 11) is 0. The van der Waals surface area contributed by atoms with Crippen molar-refractivity contribution in [3.63, 3.8) is 0 Å². The molecule has 0 saturated heterocycles. The Morgan fingerprint density at radius 1 is 0.917 bits per heavy atom. The number of para-hydroxylation sites is 1. The Kier molecular flexibility index (Phi) is 8.36. The van der Waals surface area contributed by atoms with Crippen molar-refractivity contribution in [3.05, 3.63) is 80.5 Å². The molecule has 0 atom stereocenters. The number of amides is 2. The molecule has 0 aliphatic heterocycles. The minimum atomic E-state index is -0.514. The summed E-state index contributed by atoms with van der Waals surface area (Å²) >= 11 is 0. The van der Waals surface area contributed by atoms with Gasteiger partial charge in [0.1, 0.15) is 6.54 Å². The lowest BCUT2D eigenvalue weighted by Crippen LogP contribution is -2.42. The van der Waals surface area contributed by atoms with Gasteiger partial charge in [-0.3, -0.25) is 23.5 Å². The van der Waals surface area contributed by atoms with Crippen molar-refractivity contribution in [2.45, 2.75) is 77.5 Å². The van der Waals surface area contributed by atoms with Crippen LogP contribution in [0.1, 0.15) is 56.1 Å². The highest BCUT2D eigenvalue weighted by molar-refractivity contribution is 5.81. The molecule has 0 radical (unpaired) electrons. The monoisotopic (exact) mass is 490 g/mol. The topological polar surface area (TPSA) is 102 Å². The number of aryl methyl sites for hydroxylation is 1. The molecule has 2 N–H and O–H groups in total. The zero-order valence-corrected chi connectivity index (χ0v) is 20.8. The number of nitrogens with zero attached hydrogens (tertiary/aromatic N) is 2. The van der Waals surface area contributed by atoms with Crippen LogP contribution in [0.5, 0.6) is 0 Å². The average molecular weight is 491 g/mol. The Bertz CT molecular complexity index is 1330. The first-order valence-electron chi connectivity index (χ1n) is 12.8. The maximum Gasteiger partial charge on any atom is 0.331 e. The van der Waals surface area contributed by atoms with Crippen molar-refractivity contribution in [3.8, 4) is 0 Å². The van der Waals surface area contributed by atoms with E-state index in [1.54, 1.807) is 24.3 Å². The van der Waals surface area contributed by atoms with E-state index in [0.717, 1.165) is 36.8 Å². The van der Waals surface area contributed by atoms with Crippen LogP contribution in [0.4, 0.5) is 0 Å². The lowest BCUT2D eigenvalue weighted by molar-refractivity contribution is -0.122. The molecule has 1 heterocycles. The van der Waals surface area contributed by atoms with Crippen LogP contribution in [0.25, 0.3) is 10.9 Å². The standard InChI is InChI=1S/C28H34N4O4/c1-20-13-15-21(16-14-20)18-29-26(34)19-32-24-11-5-4-10-23(24)27(35)31(28(32)36)17-7-6-12-25(33)30-22-8-2-3-9-22/h4-5,10-11,13-16,22H,2-3,6-9,12,17-19H2,1H3,(H,29,34)(H,30,33). The predicted molar refractivity (Wildman–Crippen MR) is 140 cm³/mol. The summed E-state index contributed by atoms with van der Waals surface area (Å²) in [6.45, 7) is 2.37. The molecular formula is C28H34N4O4. The molecule has 0 unspecified atom stereocenters. The second kappa shape index (κ2) is 11.8. The van der Waals surface area contributed by atoms with Crippen LogP contribution in [0.3, 0.4) is 0 Å². The second-order valence-electron chi connectivity index (χ2n) is 9.61. The van der Waals surface area contributed by atoms with Crippen LogP contribution in [0.2, 0.25) is 0 Å². The molecular weight excluding hydrogens is 456 g/mol. The highest BCUT2D eigenvalue weighted by Crippen LogP contribution is 2.17. The van der Waals surface area contributed by atoms with Gasteiger partial charge in [-0.05, 0) is 50.3 Å². The van der Waals surface area contributed by atoms with Crippen LogP contribution in [0.15, 0.2) is 58.1 Å². The Labute approximate surface area is 210 Å². The molecule has 3 aromatic rings. The lowest BCUT2D eigenvalue weighted by Gasteiger charge is -2.14. The van der Waals surface area contributed by atoms with Crippen molar-refractivity contribution in [2.75, 3.05) is 0 Å². The molecule has 8 nitrogen and oxygen atoms in total. The van der Waals surface area contributed by atoms with E-state index in [-0.39, 0.29) is 36.5 Å². The number of hydrogen-bond donors (Lipinski definition) is 2. The normalized spacial score (nSPS) is 13.7. The number of rotatable bonds is 10. The van der Waals surface area contributed by atoms with Crippen molar-refractivity contribution in [1.29, 1.82) is 0 Å². The number of benzene rings is 2. The summed E-state index contributed by atoms with van der Waals surface area (Å²) < 4.78 is 2.54. The third kappa shape index (κ3) is 6.30. The van der Waals surface area contributed by atoms with E-state index in [9.17, 15) is 19.2 Å². The van der Waals surface area contributed by atoms with Crippen LogP contribution in [0, 0.1) is 6.92 Å². The number of nitrogens with one attached hydrogen (secondary N) is 2. The predicted octanol–water partition coefficient (Wildman–Crippen LogP) is 3.02. The van der Waals surface area contributed by atoms with Gasteiger partial charge in [0.25, 0.3) is 5.56 Å². The molecule has 2 aromatic carbocycles. The van der Waals surface area contributed by atoms with E-state index in [1.807, 2.05) is 31.2 Å². The molecule has 1 saturated carbocycles. The molecule has 1 aromatic heterocycles. The summed E-state index contributed by atoms with van der Waals surface area (Å²) in [4.78, 5) is 51.2. The molecule has 1 aliphatic carbocycles.